The first-order chi connectivity index (χ1) is 9.93. The van der Waals surface area contributed by atoms with Crippen LogP contribution in [0.1, 0.15) is 21.5 Å². The van der Waals surface area contributed by atoms with E-state index in [0.29, 0.717) is 5.56 Å². The molecule has 108 valence electrons. The van der Waals surface area contributed by atoms with E-state index < -0.39 is 11.8 Å². The van der Waals surface area contributed by atoms with Crippen LogP contribution in [0, 0.1) is 11.2 Å². The molecule has 5 nitrogen and oxygen atoms in total. The summed E-state index contributed by atoms with van der Waals surface area (Å²) >= 11 is 0. The van der Waals surface area contributed by atoms with Gasteiger partial charge in [0.05, 0.1) is 12.8 Å². The van der Waals surface area contributed by atoms with Crippen molar-refractivity contribution in [1.29, 1.82) is 5.41 Å². The molecule has 6 heteroatoms. The van der Waals surface area contributed by atoms with E-state index in [1.807, 2.05) is 0 Å². The van der Waals surface area contributed by atoms with Crippen LogP contribution in [0.4, 0.5) is 10.1 Å². The molecule has 0 unspecified atom stereocenters. The Morgan fingerprint density at radius 1 is 1.29 bits per heavy atom. The predicted molar refractivity (Wildman–Crippen MR) is 76.7 cm³/mol. The van der Waals surface area contributed by atoms with Gasteiger partial charge in [-0.15, -0.1) is 0 Å². The van der Waals surface area contributed by atoms with Crippen molar-refractivity contribution in [2.24, 2.45) is 0 Å². The van der Waals surface area contributed by atoms with E-state index in [2.05, 4.69) is 0 Å². The summed E-state index contributed by atoms with van der Waals surface area (Å²) in [5.74, 6) is -1.57. The zero-order chi connectivity index (χ0) is 15.6. The molecule has 2 rings (SSSR count). The molecule has 0 amide bonds. The summed E-state index contributed by atoms with van der Waals surface area (Å²) in [5.41, 5.74) is 6.37. The lowest BCUT2D eigenvalue weighted by Gasteiger charge is -2.12. The van der Waals surface area contributed by atoms with Crippen molar-refractivity contribution in [3.8, 4) is 5.75 Å². The average molecular weight is 288 g/mol. The smallest absolute Gasteiger partial charge is 0.339 e. The number of anilines is 1. The molecule has 0 spiro atoms. The first-order valence-electron chi connectivity index (χ1n) is 5.99. The van der Waals surface area contributed by atoms with Crippen LogP contribution in [-0.4, -0.2) is 23.9 Å². The number of carboxylic acids is 1. The molecule has 4 N–H and O–H groups in total. The van der Waals surface area contributed by atoms with E-state index in [0.717, 1.165) is 0 Å². The van der Waals surface area contributed by atoms with Crippen molar-refractivity contribution in [3.63, 3.8) is 0 Å². The van der Waals surface area contributed by atoms with Gasteiger partial charge in [0.25, 0.3) is 0 Å². The number of hydrogen-bond acceptors (Lipinski definition) is 4. The molecule has 2 aromatic carbocycles. The molecule has 0 radical (unpaired) electrons. The molecule has 0 aliphatic rings. The van der Waals surface area contributed by atoms with E-state index in [4.69, 9.17) is 21.0 Å². The number of halogens is 1. The molecule has 2 aromatic rings. The van der Waals surface area contributed by atoms with Crippen LogP contribution in [0.2, 0.25) is 0 Å². The first-order valence-corrected chi connectivity index (χ1v) is 5.99. The number of nitrogens with one attached hydrogen (secondary N) is 1. The van der Waals surface area contributed by atoms with E-state index >= 15 is 0 Å². The van der Waals surface area contributed by atoms with Gasteiger partial charge in [-0.25, -0.2) is 9.18 Å². The lowest BCUT2D eigenvalue weighted by Crippen LogP contribution is -2.10. The minimum Gasteiger partial charge on any atom is -0.496 e. The molecule has 0 heterocycles. The van der Waals surface area contributed by atoms with Gasteiger partial charge in [-0.1, -0.05) is 12.1 Å². The van der Waals surface area contributed by atoms with Gasteiger partial charge in [0.1, 0.15) is 17.1 Å². The fraction of sp³-hybridized carbons (Fsp3) is 0.0667. The fourth-order valence-corrected chi connectivity index (χ4v) is 1.95. The molecular weight excluding hydrogens is 275 g/mol. The lowest BCUT2D eigenvalue weighted by molar-refractivity contribution is 0.0693. The second kappa shape index (κ2) is 5.62. The zero-order valence-corrected chi connectivity index (χ0v) is 11.2. The molecule has 0 aliphatic heterocycles. The van der Waals surface area contributed by atoms with Gasteiger partial charge >= 0.3 is 5.97 Å². The zero-order valence-electron chi connectivity index (χ0n) is 11.2. The van der Waals surface area contributed by atoms with E-state index in [-0.39, 0.29) is 28.3 Å². The molecule has 21 heavy (non-hydrogen) atoms. The Hall–Kier alpha value is -2.89. The number of nitrogen functional groups attached to an aromatic ring is 1. The highest BCUT2D eigenvalue weighted by Crippen LogP contribution is 2.27. The van der Waals surface area contributed by atoms with Crippen LogP contribution in [-0.2, 0) is 0 Å². The summed E-state index contributed by atoms with van der Waals surface area (Å²) < 4.78 is 18.2. The van der Waals surface area contributed by atoms with E-state index in [9.17, 15) is 9.18 Å². The number of carboxylic acid groups (broad SMARTS) is 1. The molecule has 0 fully saturated rings. The number of benzene rings is 2. The van der Waals surface area contributed by atoms with Crippen LogP contribution < -0.4 is 10.5 Å². The fourth-order valence-electron chi connectivity index (χ4n) is 1.95. The van der Waals surface area contributed by atoms with Gasteiger partial charge in [0.2, 0.25) is 0 Å². The van der Waals surface area contributed by atoms with Crippen LogP contribution >= 0.6 is 0 Å². The number of rotatable bonds is 4. The Balaban J connectivity index is 2.56. The molecular formula is C15H13FN2O3. The van der Waals surface area contributed by atoms with Gasteiger partial charge in [-0.2, -0.15) is 0 Å². The van der Waals surface area contributed by atoms with Crippen LogP contribution in [0.3, 0.4) is 0 Å². The topological polar surface area (TPSA) is 96.4 Å². The first kappa shape index (κ1) is 14.5. The molecule has 0 bridgehead atoms. The van der Waals surface area contributed by atoms with E-state index in [1.165, 1.54) is 37.4 Å². The van der Waals surface area contributed by atoms with Crippen LogP contribution in [0.15, 0.2) is 36.4 Å². The van der Waals surface area contributed by atoms with Crippen molar-refractivity contribution >= 4 is 17.4 Å². The Morgan fingerprint density at radius 2 is 2.00 bits per heavy atom. The Morgan fingerprint density at radius 3 is 2.57 bits per heavy atom. The maximum Gasteiger partial charge on any atom is 0.339 e. The summed E-state index contributed by atoms with van der Waals surface area (Å²) in [6.07, 6.45) is 0. The van der Waals surface area contributed by atoms with Gasteiger partial charge in [-0.05, 0) is 18.2 Å². The normalized spacial score (nSPS) is 10.2. The quantitative estimate of drug-likeness (QED) is 0.595. The number of ether oxygens (including phenoxy) is 1. The standard InChI is InChI=1S/C15H13FN2O3/c1-21-13-7-12(17)10(6-11(13)15(19)20)14(18)8-3-2-4-9(16)5-8/h2-7,18H,17H2,1H3,(H,19,20). The summed E-state index contributed by atoms with van der Waals surface area (Å²) in [7, 11) is 1.33. The summed E-state index contributed by atoms with van der Waals surface area (Å²) in [5, 5.41) is 17.3. The largest absolute Gasteiger partial charge is 0.496 e. The third kappa shape index (κ3) is 2.84. The minimum atomic E-state index is -1.19. The number of hydrogen-bond donors (Lipinski definition) is 3. The summed E-state index contributed by atoms with van der Waals surface area (Å²) in [6, 6.07) is 8.06. The third-order valence-electron chi connectivity index (χ3n) is 2.98. The second-order valence-corrected chi connectivity index (χ2v) is 4.33. The Bertz CT molecular complexity index is 729. The molecule has 0 saturated carbocycles. The monoisotopic (exact) mass is 288 g/mol. The lowest BCUT2D eigenvalue weighted by atomic mass is 9.98. The van der Waals surface area contributed by atoms with Gasteiger partial charge < -0.3 is 15.6 Å². The van der Waals surface area contributed by atoms with E-state index in [1.54, 1.807) is 6.07 Å². The second-order valence-electron chi connectivity index (χ2n) is 4.33. The average Bonchev–Trinajstić information content (AvgIpc) is 2.45. The maximum absolute atomic E-state index is 13.2. The highest BCUT2D eigenvalue weighted by Gasteiger charge is 2.17. The third-order valence-corrected chi connectivity index (χ3v) is 2.98. The number of methoxy groups -OCH3 is 1. The Labute approximate surface area is 120 Å². The minimum absolute atomic E-state index is 0.0582. The number of carbonyl (C=O) groups is 1. The van der Waals surface area contributed by atoms with Crippen molar-refractivity contribution in [2.75, 3.05) is 12.8 Å². The SMILES string of the molecule is COc1cc(N)c(C(=N)c2cccc(F)c2)cc1C(=O)O. The molecule has 0 aromatic heterocycles. The van der Waals surface area contributed by atoms with Crippen molar-refractivity contribution in [1.82, 2.24) is 0 Å². The number of aromatic carboxylic acids is 1. The summed E-state index contributed by atoms with van der Waals surface area (Å²) in [6.45, 7) is 0. The highest BCUT2D eigenvalue weighted by molar-refractivity contribution is 6.15. The van der Waals surface area contributed by atoms with Crippen LogP contribution in [0.5, 0.6) is 5.75 Å². The molecule has 0 atom stereocenters. The summed E-state index contributed by atoms with van der Waals surface area (Å²) in [4.78, 5) is 11.2. The van der Waals surface area contributed by atoms with Gasteiger partial charge in [0.15, 0.2) is 0 Å². The Kier molecular flexibility index (Phi) is 3.89. The number of nitrogens with two attached hydrogens (primary N) is 1. The molecule has 0 aliphatic carbocycles. The van der Waals surface area contributed by atoms with Gasteiger partial charge in [-0.3, -0.25) is 5.41 Å². The van der Waals surface area contributed by atoms with Gasteiger partial charge in [0, 0.05) is 22.9 Å². The molecule has 0 saturated heterocycles. The van der Waals surface area contributed by atoms with Crippen molar-refractivity contribution in [2.45, 2.75) is 0 Å². The van der Waals surface area contributed by atoms with Crippen molar-refractivity contribution < 1.29 is 19.0 Å². The van der Waals surface area contributed by atoms with Crippen LogP contribution in [0.25, 0.3) is 0 Å². The predicted octanol–water partition coefficient (Wildman–Crippen LogP) is 2.53. The highest BCUT2D eigenvalue weighted by atomic mass is 19.1. The van der Waals surface area contributed by atoms with Crippen molar-refractivity contribution in [3.05, 3.63) is 58.9 Å². The maximum atomic E-state index is 13.2.